The molecule has 0 saturated carbocycles. The van der Waals surface area contributed by atoms with Crippen LogP contribution in [0.25, 0.3) is 11.1 Å². The lowest BCUT2D eigenvalue weighted by molar-refractivity contribution is 0.128. The third-order valence-corrected chi connectivity index (χ3v) is 3.41. The van der Waals surface area contributed by atoms with E-state index in [9.17, 15) is 0 Å². The number of unbranched alkanes of at least 4 members (excludes halogenated alkanes) is 2. The van der Waals surface area contributed by atoms with Gasteiger partial charge >= 0.3 is 0 Å². The van der Waals surface area contributed by atoms with Crippen molar-refractivity contribution in [3.8, 4) is 11.1 Å². The summed E-state index contributed by atoms with van der Waals surface area (Å²) in [5.41, 5.74) is 3.88. The number of rotatable bonds is 7. The molecule has 2 rings (SSSR count). The monoisotopic (exact) mass is 298 g/mol. The summed E-state index contributed by atoms with van der Waals surface area (Å²) >= 11 is 0. The zero-order valence-electron chi connectivity index (χ0n) is 14.3. The summed E-state index contributed by atoms with van der Waals surface area (Å²) in [5, 5.41) is 0. The van der Waals surface area contributed by atoms with Crippen LogP contribution in [0.1, 0.15) is 45.1 Å². The molecule has 0 aliphatic carbocycles. The highest BCUT2D eigenvalue weighted by Gasteiger charge is 1.94. The highest BCUT2D eigenvalue weighted by molar-refractivity contribution is 5.63. The summed E-state index contributed by atoms with van der Waals surface area (Å²) in [6, 6.07) is 19.0. The van der Waals surface area contributed by atoms with E-state index in [1.807, 2.05) is 6.07 Å². The molecule has 0 saturated heterocycles. The van der Waals surface area contributed by atoms with E-state index in [1.165, 1.54) is 42.4 Å². The highest BCUT2D eigenvalue weighted by atomic mass is 16.5. The molecule has 1 nitrogen and oxygen atoms in total. The first-order valence-corrected chi connectivity index (χ1v) is 8.47. The second kappa shape index (κ2) is 12.0. The maximum absolute atomic E-state index is 5.31. The maximum Gasteiger partial charge on any atom is 0.0465 e. The molecule has 0 heterocycles. The predicted molar refractivity (Wildman–Crippen MR) is 97.3 cm³/mol. The zero-order chi connectivity index (χ0) is 16.0. The van der Waals surface area contributed by atoms with E-state index in [1.54, 1.807) is 0 Å². The van der Waals surface area contributed by atoms with Crippen LogP contribution >= 0.6 is 0 Å². The van der Waals surface area contributed by atoms with Crippen molar-refractivity contribution in [3.05, 3.63) is 60.2 Å². The van der Waals surface area contributed by atoms with Gasteiger partial charge in [-0.15, -0.1) is 0 Å². The predicted octanol–water partition coefficient (Wildman–Crippen LogP) is 6.27. The SMILES string of the molecule is CCCCOCCCC.Cc1cccc(-c2ccccc2)c1. The average Bonchev–Trinajstić information content (AvgIpc) is 2.56. The van der Waals surface area contributed by atoms with Crippen molar-refractivity contribution < 1.29 is 4.74 Å². The third kappa shape index (κ3) is 7.99. The van der Waals surface area contributed by atoms with Crippen molar-refractivity contribution in [1.29, 1.82) is 0 Å². The van der Waals surface area contributed by atoms with Crippen LogP contribution in [0.4, 0.5) is 0 Å². The normalized spacial score (nSPS) is 9.95. The van der Waals surface area contributed by atoms with Crippen LogP contribution in [0.3, 0.4) is 0 Å². The average molecular weight is 298 g/mol. The molecule has 2 aromatic carbocycles. The van der Waals surface area contributed by atoms with Crippen LogP contribution < -0.4 is 0 Å². The Hall–Kier alpha value is -1.60. The van der Waals surface area contributed by atoms with Gasteiger partial charge in [0, 0.05) is 13.2 Å². The first-order valence-electron chi connectivity index (χ1n) is 8.47. The highest BCUT2D eigenvalue weighted by Crippen LogP contribution is 2.19. The molecule has 0 aliphatic heterocycles. The molecule has 0 unspecified atom stereocenters. The fourth-order valence-electron chi connectivity index (χ4n) is 2.05. The lowest BCUT2D eigenvalue weighted by Gasteiger charge is -2.01. The largest absolute Gasteiger partial charge is 0.381 e. The summed E-state index contributed by atoms with van der Waals surface area (Å²) in [6.07, 6.45) is 4.91. The van der Waals surface area contributed by atoms with Gasteiger partial charge in [-0.05, 0) is 30.9 Å². The molecule has 0 atom stereocenters. The Labute approximate surface area is 136 Å². The van der Waals surface area contributed by atoms with E-state index in [0.29, 0.717) is 0 Å². The second-order valence-electron chi connectivity index (χ2n) is 5.55. The van der Waals surface area contributed by atoms with Crippen molar-refractivity contribution in [2.45, 2.75) is 46.5 Å². The van der Waals surface area contributed by atoms with Gasteiger partial charge in [0.1, 0.15) is 0 Å². The molecule has 0 spiro atoms. The topological polar surface area (TPSA) is 9.23 Å². The van der Waals surface area contributed by atoms with Crippen molar-refractivity contribution in [2.24, 2.45) is 0 Å². The Bertz CT molecular complexity index is 484. The van der Waals surface area contributed by atoms with Crippen LogP contribution in [-0.2, 0) is 4.74 Å². The number of benzene rings is 2. The van der Waals surface area contributed by atoms with Gasteiger partial charge in [-0.3, -0.25) is 0 Å². The first-order chi connectivity index (χ1) is 10.8. The van der Waals surface area contributed by atoms with Gasteiger partial charge < -0.3 is 4.74 Å². The molecule has 0 radical (unpaired) electrons. The molecule has 0 aromatic heterocycles. The third-order valence-electron chi connectivity index (χ3n) is 3.41. The Balaban J connectivity index is 0.000000239. The molecule has 2 aromatic rings. The van der Waals surface area contributed by atoms with Gasteiger partial charge in [0.15, 0.2) is 0 Å². The number of hydrogen-bond acceptors (Lipinski definition) is 1. The second-order valence-corrected chi connectivity index (χ2v) is 5.55. The van der Waals surface area contributed by atoms with E-state index in [0.717, 1.165) is 13.2 Å². The first kappa shape index (κ1) is 18.4. The molecule has 0 N–H and O–H groups in total. The minimum absolute atomic E-state index is 0.955. The van der Waals surface area contributed by atoms with Crippen molar-refractivity contribution >= 4 is 0 Å². The van der Waals surface area contributed by atoms with E-state index < -0.39 is 0 Å². The summed E-state index contributed by atoms with van der Waals surface area (Å²) in [7, 11) is 0. The smallest absolute Gasteiger partial charge is 0.0465 e. The van der Waals surface area contributed by atoms with Gasteiger partial charge in [-0.2, -0.15) is 0 Å². The van der Waals surface area contributed by atoms with E-state index in [2.05, 4.69) is 69.3 Å². The van der Waals surface area contributed by atoms with Crippen LogP contribution in [-0.4, -0.2) is 13.2 Å². The Kier molecular flexibility index (Phi) is 10.1. The minimum Gasteiger partial charge on any atom is -0.381 e. The lowest BCUT2D eigenvalue weighted by Crippen LogP contribution is -1.95. The van der Waals surface area contributed by atoms with Gasteiger partial charge in [0.05, 0.1) is 0 Å². The molecule has 1 heteroatoms. The molecule has 120 valence electrons. The fourth-order valence-corrected chi connectivity index (χ4v) is 2.05. The Morgan fingerprint density at radius 1 is 0.727 bits per heavy atom. The van der Waals surface area contributed by atoms with Crippen molar-refractivity contribution in [3.63, 3.8) is 0 Å². The van der Waals surface area contributed by atoms with Crippen molar-refractivity contribution in [2.75, 3.05) is 13.2 Å². The number of aryl methyl sites for hydroxylation is 1. The molecular formula is C21H30O. The molecule has 0 fully saturated rings. The summed E-state index contributed by atoms with van der Waals surface area (Å²) < 4.78 is 5.31. The molecule has 0 amide bonds. The lowest BCUT2D eigenvalue weighted by atomic mass is 10.0. The molecular weight excluding hydrogens is 268 g/mol. The van der Waals surface area contributed by atoms with Gasteiger partial charge in [-0.25, -0.2) is 0 Å². The molecule has 22 heavy (non-hydrogen) atoms. The standard InChI is InChI=1S/C13H12.C8H18O/c1-11-6-5-9-13(10-11)12-7-3-2-4-8-12;1-3-5-7-9-8-6-4-2/h2-10H,1H3;3-8H2,1-2H3. The van der Waals surface area contributed by atoms with Crippen LogP contribution in [0.5, 0.6) is 0 Å². The number of ether oxygens (including phenoxy) is 1. The Morgan fingerprint density at radius 3 is 1.86 bits per heavy atom. The Morgan fingerprint density at radius 2 is 1.32 bits per heavy atom. The quantitative estimate of drug-likeness (QED) is 0.548. The molecule has 0 aliphatic rings. The summed E-state index contributed by atoms with van der Waals surface area (Å²) in [4.78, 5) is 0. The van der Waals surface area contributed by atoms with E-state index in [-0.39, 0.29) is 0 Å². The van der Waals surface area contributed by atoms with Crippen LogP contribution in [0.15, 0.2) is 54.6 Å². The summed E-state index contributed by atoms with van der Waals surface area (Å²) in [6.45, 7) is 8.39. The van der Waals surface area contributed by atoms with Crippen LogP contribution in [0.2, 0.25) is 0 Å². The van der Waals surface area contributed by atoms with Crippen molar-refractivity contribution in [1.82, 2.24) is 0 Å². The van der Waals surface area contributed by atoms with E-state index >= 15 is 0 Å². The van der Waals surface area contributed by atoms with Gasteiger partial charge in [0.2, 0.25) is 0 Å². The zero-order valence-corrected chi connectivity index (χ0v) is 14.3. The van der Waals surface area contributed by atoms with Gasteiger partial charge in [0.25, 0.3) is 0 Å². The number of hydrogen-bond donors (Lipinski definition) is 0. The molecule has 0 bridgehead atoms. The fraction of sp³-hybridized carbons (Fsp3) is 0.429. The van der Waals surface area contributed by atoms with E-state index in [4.69, 9.17) is 4.74 Å². The van der Waals surface area contributed by atoms with Crippen LogP contribution in [0, 0.1) is 6.92 Å². The van der Waals surface area contributed by atoms with Gasteiger partial charge in [-0.1, -0.05) is 86.8 Å². The maximum atomic E-state index is 5.31. The minimum atomic E-state index is 0.955. The summed E-state index contributed by atoms with van der Waals surface area (Å²) in [5.74, 6) is 0.